The van der Waals surface area contributed by atoms with Crippen LogP contribution in [0.3, 0.4) is 0 Å². The Hall–Kier alpha value is -2.58. The lowest BCUT2D eigenvalue weighted by Crippen LogP contribution is -2.35. The third kappa shape index (κ3) is 5.73. The summed E-state index contributed by atoms with van der Waals surface area (Å²) in [6.45, 7) is 3.37. The number of thioether (sulfide) groups is 1. The number of benzene rings is 2. The highest BCUT2D eigenvalue weighted by Crippen LogP contribution is 2.35. The molecule has 156 valence electrons. The molecule has 0 N–H and O–H groups in total. The van der Waals surface area contributed by atoms with E-state index in [-0.39, 0.29) is 11.0 Å². The number of rotatable bonds is 7. The molecule has 0 aromatic heterocycles. The van der Waals surface area contributed by atoms with Gasteiger partial charge in [-0.05, 0) is 55.4 Å². The van der Waals surface area contributed by atoms with Crippen molar-refractivity contribution in [2.24, 2.45) is 0 Å². The van der Waals surface area contributed by atoms with Crippen molar-refractivity contribution >= 4 is 50.9 Å². The standard InChI is InChI=1S/C22H20BrNO5S/c1-14(2)29-20(25)12-24-21(26)19(30-22(24)27)11-16-10-17(23)8-9-18(16)28-13-15-6-4-3-5-7-15/h3-11,14H,12-13H2,1-2H3/b19-11+. The molecule has 2 aromatic rings. The van der Waals surface area contributed by atoms with Crippen LogP contribution in [-0.2, 0) is 20.9 Å². The SMILES string of the molecule is CC(C)OC(=O)CN1C(=O)S/C(=C/c2cc(Br)ccc2OCc2ccccc2)C1=O. The van der Waals surface area contributed by atoms with E-state index >= 15 is 0 Å². The minimum atomic E-state index is -0.622. The number of imide groups is 1. The van der Waals surface area contributed by atoms with Gasteiger partial charge in [-0.1, -0.05) is 46.3 Å². The molecule has 0 radical (unpaired) electrons. The molecule has 0 spiro atoms. The zero-order valence-corrected chi connectivity index (χ0v) is 18.9. The Labute approximate surface area is 187 Å². The fraction of sp³-hybridized carbons (Fsp3) is 0.227. The highest BCUT2D eigenvalue weighted by atomic mass is 79.9. The minimum absolute atomic E-state index is 0.222. The molecule has 8 heteroatoms. The summed E-state index contributed by atoms with van der Waals surface area (Å²) in [4.78, 5) is 37.9. The van der Waals surface area contributed by atoms with E-state index in [0.29, 0.717) is 17.9 Å². The van der Waals surface area contributed by atoms with Gasteiger partial charge in [-0.2, -0.15) is 0 Å². The van der Waals surface area contributed by atoms with E-state index in [4.69, 9.17) is 9.47 Å². The molecular weight excluding hydrogens is 470 g/mol. The normalized spacial score (nSPS) is 15.2. The molecule has 0 unspecified atom stereocenters. The van der Waals surface area contributed by atoms with Gasteiger partial charge in [0, 0.05) is 10.0 Å². The first-order chi connectivity index (χ1) is 14.3. The number of hydrogen-bond donors (Lipinski definition) is 0. The zero-order valence-electron chi connectivity index (χ0n) is 16.5. The number of ether oxygens (including phenoxy) is 2. The van der Waals surface area contributed by atoms with E-state index in [1.54, 1.807) is 32.1 Å². The summed E-state index contributed by atoms with van der Waals surface area (Å²) >= 11 is 4.21. The number of hydrogen-bond acceptors (Lipinski definition) is 6. The number of carbonyl (C=O) groups is 3. The number of esters is 1. The maximum absolute atomic E-state index is 12.7. The third-order valence-electron chi connectivity index (χ3n) is 4.02. The Kier molecular flexibility index (Phi) is 7.33. The van der Waals surface area contributed by atoms with Gasteiger partial charge in [-0.25, -0.2) is 0 Å². The van der Waals surface area contributed by atoms with Crippen LogP contribution >= 0.6 is 27.7 Å². The van der Waals surface area contributed by atoms with Crippen molar-refractivity contribution in [1.29, 1.82) is 0 Å². The Morgan fingerprint density at radius 1 is 1.17 bits per heavy atom. The Morgan fingerprint density at radius 2 is 1.90 bits per heavy atom. The van der Waals surface area contributed by atoms with Gasteiger partial charge in [0.15, 0.2) is 0 Å². The van der Waals surface area contributed by atoms with Gasteiger partial charge < -0.3 is 9.47 Å². The fourth-order valence-electron chi connectivity index (χ4n) is 2.71. The summed E-state index contributed by atoms with van der Waals surface area (Å²) in [5.74, 6) is -0.573. The van der Waals surface area contributed by atoms with Crippen LogP contribution < -0.4 is 4.74 Å². The molecule has 0 bridgehead atoms. The summed E-state index contributed by atoms with van der Waals surface area (Å²) in [5, 5.41) is -0.506. The van der Waals surface area contributed by atoms with Gasteiger partial charge >= 0.3 is 5.97 Å². The van der Waals surface area contributed by atoms with E-state index in [9.17, 15) is 14.4 Å². The van der Waals surface area contributed by atoms with Crippen molar-refractivity contribution in [3.63, 3.8) is 0 Å². The first-order valence-electron chi connectivity index (χ1n) is 9.24. The second-order valence-corrected chi connectivity index (χ2v) is 8.67. The predicted octanol–water partition coefficient (Wildman–Crippen LogP) is 5.02. The van der Waals surface area contributed by atoms with Gasteiger partial charge in [0.1, 0.15) is 18.9 Å². The van der Waals surface area contributed by atoms with Gasteiger partial charge in [0.2, 0.25) is 0 Å². The highest BCUT2D eigenvalue weighted by Gasteiger charge is 2.37. The Balaban J connectivity index is 1.78. The second-order valence-electron chi connectivity index (χ2n) is 6.76. The molecule has 6 nitrogen and oxygen atoms in total. The molecule has 1 aliphatic rings. The van der Waals surface area contributed by atoms with E-state index in [0.717, 1.165) is 26.7 Å². The van der Waals surface area contributed by atoms with Crippen LogP contribution in [0.15, 0.2) is 57.9 Å². The first-order valence-corrected chi connectivity index (χ1v) is 10.9. The number of nitrogens with zero attached hydrogens (tertiary/aromatic N) is 1. The lowest BCUT2D eigenvalue weighted by atomic mass is 10.1. The van der Waals surface area contributed by atoms with Crippen molar-refractivity contribution in [3.05, 3.63) is 69.0 Å². The van der Waals surface area contributed by atoms with Crippen LogP contribution in [0.2, 0.25) is 0 Å². The number of halogens is 1. The predicted molar refractivity (Wildman–Crippen MR) is 119 cm³/mol. The molecule has 2 aromatic carbocycles. The molecule has 1 aliphatic heterocycles. The molecule has 3 rings (SSSR count). The van der Waals surface area contributed by atoms with Crippen molar-refractivity contribution in [1.82, 2.24) is 4.90 Å². The molecule has 1 saturated heterocycles. The number of carbonyl (C=O) groups excluding carboxylic acids is 3. The lowest BCUT2D eigenvalue weighted by Gasteiger charge is -2.13. The monoisotopic (exact) mass is 489 g/mol. The summed E-state index contributed by atoms with van der Waals surface area (Å²) < 4.78 is 11.8. The molecular formula is C22H20BrNO5S. The Morgan fingerprint density at radius 3 is 2.60 bits per heavy atom. The summed E-state index contributed by atoms with van der Waals surface area (Å²) in [5.41, 5.74) is 1.66. The highest BCUT2D eigenvalue weighted by molar-refractivity contribution is 9.10. The third-order valence-corrected chi connectivity index (χ3v) is 5.42. The van der Waals surface area contributed by atoms with E-state index < -0.39 is 23.7 Å². The molecule has 1 heterocycles. The quantitative estimate of drug-likeness (QED) is 0.401. The topological polar surface area (TPSA) is 72.9 Å². The second kappa shape index (κ2) is 9.95. The maximum atomic E-state index is 12.7. The van der Waals surface area contributed by atoms with Crippen LogP contribution in [-0.4, -0.2) is 34.7 Å². The molecule has 2 amide bonds. The number of amides is 2. The molecule has 0 aliphatic carbocycles. The summed E-state index contributed by atoms with van der Waals surface area (Å²) in [7, 11) is 0. The maximum Gasteiger partial charge on any atom is 0.326 e. The average Bonchev–Trinajstić information content (AvgIpc) is 2.95. The average molecular weight is 490 g/mol. The molecule has 1 fully saturated rings. The van der Waals surface area contributed by atoms with Gasteiger partial charge in [0.05, 0.1) is 11.0 Å². The van der Waals surface area contributed by atoms with E-state index in [2.05, 4.69) is 15.9 Å². The zero-order chi connectivity index (χ0) is 21.7. The molecule has 0 saturated carbocycles. The minimum Gasteiger partial charge on any atom is -0.488 e. The van der Waals surface area contributed by atoms with Gasteiger partial charge in [0.25, 0.3) is 11.1 Å². The van der Waals surface area contributed by atoms with Crippen molar-refractivity contribution in [2.45, 2.75) is 26.6 Å². The van der Waals surface area contributed by atoms with Gasteiger partial charge in [-0.15, -0.1) is 0 Å². The largest absolute Gasteiger partial charge is 0.488 e. The van der Waals surface area contributed by atoms with Crippen LogP contribution in [0.25, 0.3) is 6.08 Å². The molecule has 30 heavy (non-hydrogen) atoms. The lowest BCUT2D eigenvalue weighted by molar-refractivity contribution is -0.149. The van der Waals surface area contributed by atoms with Crippen molar-refractivity contribution < 1.29 is 23.9 Å². The smallest absolute Gasteiger partial charge is 0.326 e. The van der Waals surface area contributed by atoms with E-state index in [1.807, 2.05) is 36.4 Å². The van der Waals surface area contributed by atoms with Crippen molar-refractivity contribution in [3.8, 4) is 5.75 Å². The Bertz CT molecular complexity index is 990. The van der Waals surface area contributed by atoms with Crippen LogP contribution in [0.1, 0.15) is 25.0 Å². The van der Waals surface area contributed by atoms with Gasteiger partial charge in [-0.3, -0.25) is 19.3 Å². The summed E-state index contributed by atoms with van der Waals surface area (Å²) in [6.07, 6.45) is 1.28. The van der Waals surface area contributed by atoms with Crippen LogP contribution in [0.5, 0.6) is 5.75 Å². The fourth-order valence-corrected chi connectivity index (χ4v) is 3.91. The van der Waals surface area contributed by atoms with Crippen LogP contribution in [0.4, 0.5) is 4.79 Å². The summed E-state index contributed by atoms with van der Waals surface area (Å²) in [6, 6.07) is 15.2. The van der Waals surface area contributed by atoms with Crippen LogP contribution in [0, 0.1) is 0 Å². The van der Waals surface area contributed by atoms with E-state index in [1.165, 1.54) is 0 Å². The first kappa shape index (κ1) is 22.1. The molecule has 0 atom stereocenters. The van der Waals surface area contributed by atoms with Crippen molar-refractivity contribution in [2.75, 3.05) is 6.54 Å².